The predicted octanol–water partition coefficient (Wildman–Crippen LogP) is 1.25. The highest BCUT2D eigenvalue weighted by Crippen LogP contribution is 2.18. The summed E-state index contributed by atoms with van der Waals surface area (Å²) in [5.74, 6) is 0.00239. The Kier molecular flexibility index (Phi) is 8.05. The summed E-state index contributed by atoms with van der Waals surface area (Å²) in [5, 5.41) is 4.88. The van der Waals surface area contributed by atoms with E-state index in [1.807, 2.05) is 59.0 Å². The molecule has 0 spiro atoms. The average molecular weight is 371 g/mol. The maximum atomic E-state index is 12.5. The van der Waals surface area contributed by atoms with Crippen LogP contribution in [0.2, 0.25) is 0 Å². The summed E-state index contributed by atoms with van der Waals surface area (Å²) in [7, 11) is -3.43. The molecule has 7 heteroatoms. The summed E-state index contributed by atoms with van der Waals surface area (Å²) in [6.07, 6.45) is 0. The summed E-state index contributed by atoms with van der Waals surface area (Å²) >= 11 is 0. The average Bonchev–Trinajstić information content (AvgIpc) is 2.55. The first kappa shape index (κ1) is 21.6. The van der Waals surface area contributed by atoms with E-state index in [4.69, 9.17) is 0 Å². The van der Waals surface area contributed by atoms with E-state index in [9.17, 15) is 13.2 Å². The van der Waals surface area contributed by atoms with E-state index in [-0.39, 0.29) is 24.0 Å². The summed E-state index contributed by atoms with van der Waals surface area (Å²) in [6.45, 7) is 12.3. The van der Waals surface area contributed by atoms with Gasteiger partial charge in [0.05, 0.1) is 4.90 Å². The second-order valence-electron chi connectivity index (χ2n) is 6.59. The molecule has 0 aliphatic rings. The second-order valence-corrected chi connectivity index (χ2v) is 8.53. The van der Waals surface area contributed by atoms with Crippen molar-refractivity contribution in [1.29, 1.82) is 0 Å². The number of quaternary nitrogens is 1. The Morgan fingerprint density at radius 2 is 1.60 bits per heavy atom. The Morgan fingerprint density at radius 1 is 1.08 bits per heavy atom. The molecular weight excluding hydrogens is 338 g/mol. The number of benzene rings is 1. The Bertz CT molecular complexity index is 653. The molecule has 3 N–H and O–H groups in total. The Hall–Kier alpha value is -1.44. The van der Waals surface area contributed by atoms with Crippen molar-refractivity contribution in [2.24, 2.45) is 0 Å². The number of nitrogens with two attached hydrogens (primary N) is 1. The van der Waals surface area contributed by atoms with Gasteiger partial charge in [-0.3, -0.25) is 4.79 Å². The molecule has 142 valence electrons. The van der Waals surface area contributed by atoms with Crippen molar-refractivity contribution in [2.45, 2.75) is 64.6 Å². The predicted molar refractivity (Wildman–Crippen MR) is 99.6 cm³/mol. The SMILES string of the molecule is CCN(CC)S(=O)(=O)c1ccc([C@@H](C)[NH2+][C@@H](C)C(=O)NC(C)C)cc1. The van der Waals surface area contributed by atoms with E-state index in [2.05, 4.69) is 5.32 Å². The highest BCUT2D eigenvalue weighted by molar-refractivity contribution is 7.89. The zero-order chi connectivity index (χ0) is 19.2. The number of hydrogen-bond acceptors (Lipinski definition) is 3. The van der Waals surface area contributed by atoms with Gasteiger partial charge >= 0.3 is 0 Å². The van der Waals surface area contributed by atoms with E-state index in [0.717, 1.165) is 5.56 Å². The van der Waals surface area contributed by atoms with Crippen LogP contribution in [0.3, 0.4) is 0 Å². The van der Waals surface area contributed by atoms with Crippen LogP contribution in [0, 0.1) is 0 Å². The van der Waals surface area contributed by atoms with E-state index >= 15 is 0 Å². The van der Waals surface area contributed by atoms with Crippen molar-refractivity contribution in [3.05, 3.63) is 29.8 Å². The number of rotatable bonds is 9. The van der Waals surface area contributed by atoms with Crippen molar-refractivity contribution in [3.8, 4) is 0 Å². The van der Waals surface area contributed by atoms with Crippen LogP contribution in [0.4, 0.5) is 0 Å². The standard InChI is InChI=1S/C18H31N3O3S/c1-7-21(8-2)25(23,24)17-11-9-16(10-12-17)14(5)20-15(6)18(22)19-13(3)4/h9-15,20H,7-8H2,1-6H3,(H,19,22)/p+1/t14-,15+/m1/s1. The third kappa shape index (κ3) is 5.80. The molecule has 6 nitrogen and oxygen atoms in total. The molecule has 0 heterocycles. The van der Waals surface area contributed by atoms with Gasteiger partial charge in [-0.2, -0.15) is 4.31 Å². The third-order valence-electron chi connectivity index (χ3n) is 4.17. The molecule has 0 unspecified atom stereocenters. The topological polar surface area (TPSA) is 83.1 Å². The Morgan fingerprint density at radius 3 is 2.04 bits per heavy atom. The molecule has 0 saturated carbocycles. The molecule has 0 aromatic heterocycles. The number of carbonyl (C=O) groups excluding carboxylic acids is 1. The monoisotopic (exact) mass is 370 g/mol. The lowest BCUT2D eigenvalue weighted by Crippen LogP contribution is -2.92. The molecule has 2 atom stereocenters. The molecule has 1 rings (SSSR count). The molecule has 0 fully saturated rings. The Labute approximate surface area is 152 Å². The molecule has 1 amide bonds. The Balaban J connectivity index is 2.84. The number of sulfonamides is 1. The van der Waals surface area contributed by atoms with Crippen molar-refractivity contribution < 1.29 is 18.5 Å². The summed E-state index contributed by atoms with van der Waals surface area (Å²) in [6, 6.07) is 6.89. The molecule has 1 aromatic rings. The number of carbonyl (C=O) groups is 1. The van der Waals surface area contributed by atoms with E-state index in [1.54, 1.807) is 12.1 Å². The van der Waals surface area contributed by atoms with Crippen molar-refractivity contribution in [3.63, 3.8) is 0 Å². The van der Waals surface area contributed by atoms with E-state index < -0.39 is 10.0 Å². The molecule has 0 aliphatic carbocycles. The van der Waals surface area contributed by atoms with Gasteiger partial charge in [-0.1, -0.05) is 26.0 Å². The zero-order valence-electron chi connectivity index (χ0n) is 16.1. The molecule has 1 aromatic carbocycles. The quantitative estimate of drug-likeness (QED) is 0.686. The molecule has 0 aliphatic heterocycles. The van der Waals surface area contributed by atoms with Crippen LogP contribution < -0.4 is 10.6 Å². The first-order chi connectivity index (χ1) is 11.6. The van der Waals surface area contributed by atoms with Crippen LogP contribution in [0.1, 0.15) is 53.1 Å². The van der Waals surface area contributed by atoms with Gasteiger partial charge in [0, 0.05) is 24.7 Å². The summed E-state index contributed by atoms with van der Waals surface area (Å²) in [5.41, 5.74) is 0.989. The molecule has 0 radical (unpaired) electrons. The molecule has 0 bridgehead atoms. The number of nitrogens with one attached hydrogen (secondary N) is 1. The van der Waals surface area contributed by atoms with Gasteiger partial charge in [0.1, 0.15) is 6.04 Å². The molecule has 25 heavy (non-hydrogen) atoms. The summed E-state index contributed by atoms with van der Waals surface area (Å²) in [4.78, 5) is 12.3. The van der Waals surface area contributed by atoms with Crippen LogP contribution in [-0.4, -0.2) is 43.8 Å². The maximum absolute atomic E-state index is 12.5. The molecular formula is C18H32N3O3S+. The lowest BCUT2D eigenvalue weighted by atomic mass is 10.1. The van der Waals surface area contributed by atoms with Gasteiger partial charge in [0.25, 0.3) is 5.91 Å². The third-order valence-corrected chi connectivity index (χ3v) is 6.24. The van der Waals surface area contributed by atoms with Gasteiger partial charge in [-0.05, 0) is 39.8 Å². The highest BCUT2D eigenvalue weighted by Gasteiger charge is 2.23. The van der Waals surface area contributed by atoms with Gasteiger partial charge in [0.15, 0.2) is 6.04 Å². The van der Waals surface area contributed by atoms with Crippen LogP contribution in [0.15, 0.2) is 29.2 Å². The largest absolute Gasteiger partial charge is 0.349 e. The zero-order valence-corrected chi connectivity index (χ0v) is 16.9. The first-order valence-electron chi connectivity index (χ1n) is 8.88. The normalized spacial score (nSPS) is 14.6. The molecule has 0 saturated heterocycles. The van der Waals surface area contributed by atoms with Crippen molar-refractivity contribution in [2.75, 3.05) is 13.1 Å². The van der Waals surface area contributed by atoms with E-state index in [0.29, 0.717) is 18.0 Å². The highest BCUT2D eigenvalue weighted by atomic mass is 32.2. The number of nitrogens with zero attached hydrogens (tertiary/aromatic N) is 1. The van der Waals surface area contributed by atoms with Crippen LogP contribution >= 0.6 is 0 Å². The fraction of sp³-hybridized carbons (Fsp3) is 0.611. The fourth-order valence-electron chi connectivity index (χ4n) is 2.70. The van der Waals surface area contributed by atoms with Crippen LogP contribution in [0.5, 0.6) is 0 Å². The minimum atomic E-state index is -3.43. The van der Waals surface area contributed by atoms with Crippen LogP contribution in [-0.2, 0) is 14.8 Å². The second kappa shape index (κ2) is 9.31. The van der Waals surface area contributed by atoms with Crippen molar-refractivity contribution in [1.82, 2.24) is 9.62 Å². The fourth-order valence-corrected chi connectivity index (χ4v) is 4.16. The first-order valence-corrected chi connectivity index (χ1v) is 10.3. The minimum absolute atomic E-state index is 0.00239. The number of hydrogen-bond donors (Lipinski definition) is 2. The lowest BCUT2D eigenvalue weighted by molar-refractivity contribution is -0.710. The minimum Gasteiger partial charge on any atom is -0.349 e. The van der Waals surface area contributed by atoms with Gasteiger partial charge in [0.2, 0.25) is 10.0 Å². The van der Waals surface area contributed by atoms with Gasteiger partial charge in [-0.15, -0.1) is 0 Å². The maximum Gasteiger partial charge on any atom is 0.278 e. The summed E-state index contributed by atoms with van der Waals surface area (Å²) < 4.78 is 26.5. The van der Waals surface area contributed by atoms with Gasteiger partial charge in [-0.25, -0.2) is 8.42 Å². The van der Waals surface area contributed by atoms with Crippen LogP contribution in [0.25, 0.3) is 0 Å². The number of amides is 1. The van der Waals surface area contributed by atoms with Gasteiger partial charge < -0.3 is 10.6 Å². The van der Waals surface area contributed by atoms with Crippen molar-refractivity contribution >= 4 is 15.9 Å². The lowest BCUT2D eigenvalue weighted by Gasteiger charge is -2.20. The smallest absolute Gasteiger partial charge is 0.278 e. The van der Waals surface area contributed by atoms with E-state index in [1.165, 1.54) is 4.31 Å².